The van der Waals surface area contributed by atoms with Crippen LogP contribution in [0, 0.1) is 5.41 Å². The largest absolute Gasteiger partial charge is 0.396 e. The molecule has 0 bridgehead atoms. The van der Waals surface area contributed by atoms with E-state index in [4.69, 9.17) is 5.11 Å². The number of esters is 1. The lowest BCUT2D eigenvalue weighted by Crippen LogP contribution is -2.46. The van der Waals surface area contributed by atoms with Crippen LogP contribution < -0.4 is 5.32 Å². The number of ether oxygens (including phenoxy) is 1. The lowest BCUT2D eigenvalue weighted by Gasteiger charge is -2.26. The average molecular weight is 247 g/mol. The van der Waals surface area contributed by atoms with E-state index in [0.29, 0.717) is 0 Å². The third-order valence-corrected chi connectivity index (χ3v) is 2.20. The van der Waals surface area contributed by atoms with E-state index >= 15 is 0 Å². The Balaban J connectivity index is 4.02. The van der Waals surface area contributed by atoms with Crippen molar-refractivity contribution in [3.05, 3.63) is 0 Å². The minimum absolute atomic E-state index is 0.00781. The Labute approximate surface area is 98.8 Å². The Hall–Kier alpha value is -1.47. The smallest absolute Gasteiger partial charge is 0.315 e. The fraction of sp³-hybridized carbons (Fsp3) is 0.700. The zero-order valence-corrected chi connectivity index (χ0v) is 9.80. The molecule has 98 valence electrons. The van der Waals surface area contributed by atoms with Gasteiger partial charge in [-0.25, -0.2) is 0 Å². The first-order chi connectivity index (χ1) is 7.85. The van der Waals surface area contributed by atoms with Gasteiger partial charge in [0.05, 0.1) is 13.0 Å². The summed E-state index contributed by atoms with van der Waals surface area (Å²) < 4.78 is 4.00. The Morgan fingerprint density at radius 3 is 2.53 bits per heavy atom. The first kappa shape index (κ1) is 15.5. The van der Waals surface area contributed by atoms with E-state index in [9.17, 15) is 19.5 Å². The van der Waals surface area contributed by atoms with Gasteiger partial charge in [-0.05, 0) is 0 Å². The van der Waals surface area contributed by atoms with E-state index in [1.165, 1.54) is 13.8 Å². The number of rotatable bonds is 7. The van der Waals surface area contributed by atoms with Crippen LogP contribution in [0.2, 0.25) is 0 Å². The highest BCUT2D eigenvalue weighted by molar-refractivity contribution is 5.82. The van der Waals surface area contributed by atoms with E-state index in [1.807, 2.05) is 0 Å². The SMILES string of the molecule is CC(C)(CO)[C@@H](O)C(=O)NCCC(=O)OC=O. The monoisotopic (exact) mass is 247 g/mol. The quantitative estimate of drug-likeness (QED) is 0.289. The number of aliphatic hydroxyl groups excluding tert-OH is 2. The van der Waals surface area contributed by atoms with Gasteiger partial charge in [-0.15, -0.1) is 0 Å². The number of hydrogen-bond donors (Lipinski definition) is 3. The molecular formula is C10H17NO6. The van der Waals surface area contributed by atoms with Crippen LogP contribution in [0.15, 0.2) is 0 Å². The van der Waals surface area contributed by atoms with Gasteiger partial charge in [-0.1, -0.05) is 13.8 Å². The fourth-order valence-electron chi connectivity index (χ4n) is 0.938. The molecule has 7 nitrogen and oxygen atoms in total. The van der Waals surface area contributed by atoms with Crippen LogP contribution in [0.4, 0.5) is 0 Å². The molecule has 7 heteroatoms. The third-order valence-electron chi connectivity index (χ3n) is 2.20. The van der Waals surface area contributed by atoms with E-state index in [-0.39, 0.29) is 26.0 Å². The van der Waals surface area contributed by atoms with Gasteiger partial charge < -0.3 is 20.3 Å². The first-order valence-electron chi connectivity index (χ1n) is 5.05. The maximum atomic E-state index is 11.4. The summed E-state index contributed by atoms with van der Waals surface area (Å²) in [6, 6.07) is 0. The summed E-state index contributed by atoms with van der Waals surface area (Å²) in [5, 5.41) is 20.8. The molecule has 0 aliphatic carbocycles. The predicted octanol–water partition coefficient (Wildman–Crippen LogP) is -1.43. The van der Waals surface area contributed by atoms with Gasteiger partial charge in [0.15, 0.2) is 0 Å². The van der Waals surface area contributed by atoms with Crippen molar-refractivity contribution in [2.24, 2.45) is 5.41 Å². The second-order valence-corrected chi connectivity index (χ2v) is 4.18. The summed E-state index contributed by atoms with van der Waals surface area (Å²) in [5.74, 6) is -1.46. The molecule has 0 aliphatic rings. The number of carbonyl (C=O) groups excluding carboxylic acids is 3. The highest BCUT2D eigenvalue weighted by Gasteiger charge is 2.32. The third kappa shape index (κ3) is 5.41. The molecule has 0 saturated heterocycles. The van der Waals surface area contributed by atoms with Crippen molar-refractivity contribution >= 4 is 18.3 Å². The molecule has 0 aromatic heterocycles. The first-order valence-corrected chi connectivity index (χ1v) is 5.05. The zero-order valence-electron chi connectivity index (χ0n) is 9.80. The van der Waals surface area contributed by atoms with Crippen molar-refractivity contribution in [3.63, 3.8) is 0 Å². The van der Waals surface area contributed by atoms with E-state index in [1.54, 1.807) is 0 Å². The summed E-state index contributed by atoms with van der Waals surface area (Å²) in [4.78, 5) is 31.9. The summed E-state index contributed by atoms with van der Waals surface area (Å²) in [6.45, 7) is 2.66. The molecule has 0 saturated carbocycles. The molecule has 17 heavy (non-hydrogen) atoms. The number of amides is 1. The predicted molar refractivity (Wildman–Crippen MR) is 56.7 cm³/mol. The van der Waals surface area contributed by atoms with Crippen LogP contribution in [0.3, 0.4) is 0 Å². The molecule has 1 atom stereocenters. The number of nitrogens with one attached hydrogen (secondary N) is 1. The standard InChI is InChI=1S/C10H17NO6/c1-10(2,5-12)8(15)9(16)11-4-3-7(14)17-6-13/h6,8,12,15H,3-5H2,1-2H3,(H,11,16)/t8-/m0/s1. The molecule has 0 spiro atoms. The molecule has 0 aromatic carbocycles. The maximum absolute atomic E-state index is 11.4. The minimum atomic E-state index is -1.38. The number of aliphatic hydroxyl groups is 2. The normalized spacial score (nSPS) is 12.7. The molecule has 1 amide bonds. The van der Waals surface area contributed by atoms with Gasteiger partial charge >= 0.3 is 12.4 Å². The molecule has 0 aromatic rings. The van der Waals surface area contributed by atoms with Crippen molar-refractivity contribution in [1.29, 1.82) is 0 Å². The van der Waals surface area contributed by atoms with Crippen molar-refractivity contribution in [2.75, 3.05) is 13.2 Å². The van der Waals surface area contributed by atoms with Crippen LogP contribution in [-0.4, -0.2) is 47.8 Å². The van der Waals surface area contributed by atoms with Crippen molar-refractivity contribution in [1.82, 2.24) is 5.32 Å². The van der Waals surface area contributed by atoms with Gasteiger partial charge in [0.25, 0.3) is 0 Å². The number of hydrogen-bond acceptors (Lipinski definition) is 6. The Morgan fingerprint density at radius 2 is 2.06 bits per heavy atom. The summed E-state index contributed by atoms with van der Waals surface area (Å²) >= 11 is 0. The summed E-state index contributed by atoms with van der Waals surface area (Å²) in [6.07, 6.45) is -1.55. The van der Waals surface area contributed by atoms with Gasteiger partial charge in [0.1, 0.15) is 6.10 Å². The average Bonchev–Trinajstić information content (AvgIpc) is 2.28. The molecule has 0 radical (unpaired) electrons. The van der Waals surface area contributed by atoms with Crippen molar-refractivity contribution in [3.8, 4) is 0 Å². The second-order valence-electron chi connectivity index (χ2n) is 4.18. The molecule has 0 fully saturated rings. The van der Waals surface area contributed by atoms with Gasteiger partial charge in [0, 0.05) is 12.0 Å². The van der Waals surface area contributed by atoms with Crippen LogP contribution >= 0.6 is 0 Å². The van der Waals surface area contributed by atoms with Gasteiger partial charge in [-0.2, -0.15) is 0 Å². The molecule has 0 unspecified atom stereocenters. The van der Waals surface area contributed by atoms with E-state index in [2.05, 4.69) is 10.1 Å². The molecule has 0 aliphatic heterocycles. The van der Waals surface area contributed by atoms with Crippen LogP contribution in [0.1, 0.15) is 20.3 Å². The van der Waals surface area contributed by atoms with Gasteiger partial charge in [0.2, 0.25) is 5.91 Å². The Kier molecular flexibility index (Phi) is 6.37. The summed E-state index contributed by atoms with van der Waals surface area (Å²) in [7, 11) is 0. The van der Waals surface area contributed by atoms with Crippen LogP contribution in [-0.2, 0) is 19.1 Å². The molecular weight excluding hydrogens is 230 g/mol. The Bertz CT molecular complexity index is 289. The second kappa shape index (κ2) is 6.97. The minimum Gasteiger partial charge on any atom is -0.396 e. The highest BCUT2D eigenvalue weighted by Crippen LogP contribution is 2.19. The lowest BCUT2D eigenvalue weighted by atomic mass is 9.87. The fourth-order valence-corrected chi connectivity index (χ4v) is 0.938. The van der Waals surface area contributed by atoms with Crippen molar-refractivity contribution in [2.45, 2.75) is 26.4 Å². The van der Waals surface area contributed by atoms with Crippen molar-refractivity contribution < 1.29 is 29.3 Å². The maximum Gasteiger partial charge on any atom is 0.315 e. The topological polar surface area (TPSA) is 113 Å². The zero-order chi connectivity index (χ0) is 13.5. The highest BCUT2D eigenvalue weighted by atomic mass is 16.6. The van der Waals surface area contributed by atoms with E-state index < -0.39 is 23.4 Å². The Morgan fingerprint density at radius 1 is 1.47 bits per heavy atom. The summed E-state index contributed by atoms with van der Waals surface area (Å²) in [5.41, 5.74) is -0.965. The molecule has 0 heterocycles. The van der Waals surface area contributed by atoms with Crippen LogP contribution in [0.25, 0.3) is 0 Å². The van der Waals surface area contributed by atoms with Gasteiger partial charge in [-0.3, -0.25) is 14.4 Å². The van der Waals surface area contributed by atoms with E-state index in [0.717, 1.165) is 0 Å². The lowest BCUT2D eigenvalue weighted by molar-refractivity contribution is -0.151. The molecule has 0 rings (SSSR count). The number of carbonyl (C=O) groups is 3. The van der Waals surface area contributed by atoms with Crippen LogP contribution in [0.5, 0.6) is 0 Å². The molecule has 3 N–H and O–H groups in total.